The number of thiazole rings is 1. The molecule has 0 atom stereocenters. The number of rotatable bonds is 4. The van der Waals surface area contributed by atoms with Gasteiger partial charge in [0.2, 0.25) is 0 Å². The Bertz CT molecular complexity index is 1120. The SMILES string of the molecule is O=C(Nc1nccs1)c1nn(Cc2ccccc2)c(=O)c2ccccc12. The molecule has 1 N–H and O–H groups in total. The molecule has 0 aliphatic rings. The van der Waals surface area contributed by atoms with E-state index in [1.165, 1.54) is 16.0 Å². The molecule has 0 aliphatic carbocycles. The van der Waals surface area contributed by atoms with Crippen LogP contribution in [-0.2, 0) is 6.54 Å². The largest absolute Gasteiger partial charge is 0.296 e. The summed E-state index contributed by atoms with van der Waals surface area (Å²) in [6, 6.07) is 16.5. The van der Waals surface area contributed by atoms with Crippen LogP contribution in [0.25, 0.3) is 10.8 Å². The minimum absolute atomic E-state index is 0.200. The third-order valence-electron chi connectivity index (χ3n) is 3.91. The summed E-state index contributed by atoms with van der Waals surface area (Å²) in [4.78, 5) is 29.6. The highest BCUT2D eigenvalue weighted by molar-refractivity contribution is 7.13. The van der Waals surface area contributed by atoms with Gasteiger partial charge < -0.3 is 0 Å². The quantitative estimate of drug-likeness (QED) is 0.605. The van der Waals surface area contributed by atoms with Crippen molar-refractivity contribution in [3.05, 3.63) is 87.8 Å². The number of amides is 1. The topological polar surface area (TPSA) is 76.9 Å². The lowest BCUT2D eigenvalue weighted by molar-refractivity contribution is 0.102. The van der Waals surface area contributed by atoms with Crippen LogP contribution in [0.4, 0.5) is 5.13 Å². The molecule has 2 heterocycles. The van der Waals surface area contributed by atoms with Crippen LogP contribution >= 0.6 is 11.3 Å². The van der Waals surface area contributed by atoms with Crippen LogP contribution < -0.4 is 10.9 Å². The molecule has 0 fully saturated rings. The summed E-state index contributed by atoms with van der Waals surface area (Å²) in [6.07, 6.45) is 1.61. The minimum Gasteiger partial charge on any atom is -0.296 e. The van der Waals surface area contributed by atoms with E-state index in [9.17, 15) is 9.59 Å². The van der Waals surface area contributed by atoms with E-state index >= 15 is 0 Å². The smallest absolute Gasteiger partial charge is 0.278 e. The molecule has 0 spiro atoms. The molecule has 2 aromatic carbocycles. The summed E-state index contributed by atoms with van der Waals surface area (Å²) in [5.74, 6) is -0.391. The van der Waals surface area contributed by atoms with Crippen molar-refractivity contribution >= 4 is 33.1 Å². The van der Waals surface area contributed by atoms with E-state index in [1.54, 1.807) is 35.8 Å². The van der Waals surface area contributed by atoms with Gasteiger partial charge in [-0.2, -0.15) is 5.10 Å². The summed E-state index contributed by atoms with van der Waals surface area (Å²) < 4.78 is 1.33. The molecule has 2 aromatic heterocycles. The van der Waals surface area contributed by atoms with Gasteiger partial charge in [0.15, 0.2) is 10.8 Å². The Balaban J connectivity index is 1.82. The highest BCUT2D eigenvalue weighted by Crippen LogP contribution is 2.17. The highest BCUT2D eigenvalue weighted by atomic mass is 32.1. The van der Waals surface area contributed by atoms with Gasteiger partial charge >= 0.3 is 0 Å². The van der Waals surface area contributed by atoms with E-state index in [0.717, 1.165) is 5.56 Å². The van der Waals surface area contributed by atoms with Crippen molar-refractivity contribution in [3.63, 3.8) is 0 Å². The zero-order chi connectivity index (χ0) is 17.9. The molecule has 0 unspecified atom stereocenters. The number of hydrogen-bond donors (Lipinski definition) is 1. The third kappa shape index (κ3) is 3.12. The monoisotopic (exact) mass is 362 g/mol. The van der Waals surface area contributed by atoms with Gasteiger partial charge in [-0.3, -0.25) is 14.9 Å². The molecular formula is C19H14N4O2S. The van der Waals surface area contributed by atoms with E-state index in [0.29, 0.717) is 22.4 Å². The lowest BCUT2D eigenvalue weighted by atomic mass is 10.1. The number of hydrogen-bond acceptors (Lipinski definition) is 5. The van der Waals surface area contributed by atoms with E-state index in [2.05, 4.69) is 15.4 Å². The normalized spacial score (nSPS) is 10.8. The van der Waals surface area contributed by atoms with Gasteiger partial charge in [-0.1, -0.05) is 48.5 Å². The van der Waals surface area contributed by atoms with Gasteiger partial charge in [0, 0.05) is 17.0 Å². The molecule has 4 rings (SSSR count). The van der Waals surface area contributed by atoms with Crippen molar-refractivity contribution in [3.8, 4) is 0 Å². The lowest BCUT2D eigenvalue weighted by Gasteiger charge is -2.10. The van der Waals surface area contributed by atoms with Crippen molar-refractivity contribution in [2.75, 3.05) is 5.32 Å². The fraction of sp³-hybridized carbons (Fsp3) is 0.0526. The number of carbonyl (C=O) groups excluding carboxylic acids is 1. The van der Waals surface area contributed by atoms with Gasteiger partial charge in [0.05, 0.1) is 11.9 Å². The third-order valence-corrected chi connectivity index (χ3v) is 4.60. The number of nitrogens with one attached hydrogen (secondary N) is 1. The molecule has 0 aliphatic heterocycles. The average molecular weight is 362 g/mol. The zero-order valence-electron chi connectivity index (χ0n) is 13.6. The van der Waals surface area contributed by atoms with Crippen LogP contribution in [0.2, 0.25) is 0 Å². The predicted molar refractivity (Wildman–Crippen MR) is 102 cm³/mol. The summed E-state index contributed by atoms with van der Waals surface area (Å²) in [7, 11) is 0. The number of anilines is 1. The number of nitrogens with zero attached hydrogens (tertiary/aromatic N) is 3. The molecule has 1 amide bonds. The van der Waals surface area contributed by atoms with Gasteiger partial charge in [-0.15, -0.1) is 11.3 Å². The maximum Gasteiger partial charge on any atom is 0.278 e. The van der Waals surface area contributed by atoms with Crippen molar-refractivity contribution in [2.24, 2.45) is 0 Å². The van der Waals surface area contributed by atoms with Crippen LogP contribution in [0.3, 0.4) is 0 Å². The first-order valence-corrected chi connectivity index (χ1v) is 8.85. The zero-order valence-corrected chi connectivity index (χ0v) is 14.4. The number of benzene rings is 2. The van der Waals surface area contributed by atoms with Gasteiger partial charge in [0.1, 0.15) is 0 Å². The standard InChI is InChI=1S/C19H14N4O2S/c24-17(21-19-20-10-11-26-19)16-14-8-4-5-9-15(14)18(25)23(22-16)12-13-6-2-1-3-7-13/h1-11H,12H2,(H,20,21,24). The molecule has 128 valence electrons. The maximum absolute atomic E-state index is 12.8. The van der Waals surface area contributed by atoms with E-state index in [4.69, 9.17) is 0 Å². The minimum atomic E-state index is -0.391. The second-order valence-electron chi connectivity index (χ2n) is 5.63. The summed E-state index contributed by atoms with van der Waals surface area (Å²) >= 11 is 1.32. The van der Waals surface area contributed by atoms with Gasteiger partial charge in [-0.05, 0) is 11.6 Å². The molecule has 0 saturated carbocycles. The van der Waals surface area contributed by atoms with Crippen molar-refractivity contribution in [2.45, 2.75) is 6.54 Å². The Hall–Kier alpha value is -3.32. The van der Waals surface area contributed by atoms with E-state index in [-0.39, 0.29) is 11.3 Å². The fourth-order valence-electron chi connectivity index (χ4n) is 2.71. The van der Waals surface area contributed by atoms with Crippen molar-refractivity contribution in [1.29, 1.82) is 0 Å². The molecule has 0 saturated heterocycles. The van der Waals surface area contributed by atoms with Gasteiger partial charge in [0.25, 0.3) is 11.5 Å². The lowest BCUT2D eigenvalue weighted by Crippen LogP contribution is -2.28. The van der Waals surface area contributed by atoms with Crippen molar-refractivity contribution in [1.82, 2.24) is 14.8 Å². The van der Waals surface area contributed by atoms with Crippen LogP contribution in [0.1, 0.15) is 16.1 Å². The first-order valence-electron chi connectivity index (χ1n) is 7.97. The Morgan fingerprint density at radius 3 is 2.50 bits per heavy atom. The second-order valence-corrected chi connectivity index (χ2v) is 6.53. The molecule has 4 aromatic rings. The van der Waals surface area contributed by atoms with Crippen LogP contribution in [0, 0.1) is 0 Å². The highest BCUT2D eigenvalue weighted by Gasteiger charge is 2.17. The molecule has 0 bridgehead atoms. The molecule has 0 radical (unpaired) electrons. The first kappa shape index (κ1) is 16.2. The number of aromatic nitrogens is 3. The Morgan fingerprint density at radius 2 is 1.77 bits per heavy atom. The van der Waals surface area contributed by atoms with E-state index < -0.39 is 5.91 Å². The molecule has 6 nitrogen and oxygen atoms in total. The average Bonchev–Trinajstić information content (AvgIpc) is 3.18. The maximum atomic E-state index is 12.8. The number of carbonyl (C=O) groups is 1. The first-order chi connectivity index (χ1) is 12.7. The fourth-order valence-corrected chi connectivity index (χ4v) is 3.23. The predicted octanol–water partition coefficient (Wildman–Crippen LogP) is 3.15. The molecular weight excluding hydrogens is 348 g/mol. The molecule has 7 heteroatoms. The van der Waals surface area contributed by atoms with Crippen LogP contribution in [0.5, 0.6) is 0 Å². The Labute approximate surface area is 152 Å². The van der Waals surface area contributed by atoms with Crippen molar-refractivity contribution < 1.29 is 4.79 Å². The second kappa shape index (κ2) is 6.89. The van der Waals surface area contributed by atoms with Gasteiger partial charge in [-0.25, -0.2) is 9.67 Å². The van der Waals surface area contributed by atoms with E-state index in [1.807, 2.05) is 30.3 Å². The Morgan fingerprint density at radius 1 is 1.04 bits per heavy atom. The van der Waals surface area contributed by atoms with Crippen LogP contribution in [0.15, 0.2) is 71.0 Å². The summed E-state index contributed by atoms with van der Waals surface area (Å²) in [6.45, 7) is 0.294. The number of fused-ring (bicyclic) bond motifs is 1. The summed E-state index contributed by atoms with van der Waals surface area (Å²) in [5.41, 5.74) is 0.908. The van der Waals surface area contributed by atoms with Crippen LogP contribution in [-0.4, -0.2) is 20.7 Å². The summed E-state index contributed by atoms with van der Waals surface area (Å²) in [5, 5.41) is 10.3. The Kier molecular flexibility index (Phi) is 4.28. The molecule has 26 heavy (non-hydrogen) atoms.